The second kappa shape index (κ2) is 6.87. The molecule has 1 atom stereocenters. The minimum atomic E-state index is 0.648. The second-order valence-corrected chi connectivity index (χ2v) is 5.45. The van der Waals surface area contributed by atoms with Gasteiger partial charge >= 0.3 is 0 Å². The maximum absolute atomic E-state index is 5.57. The normalized spacial score (nSPS) is 19.4. The van der Waals surface area contributed by atoms with E-state index in [9.17, 15) is 0 Å². The lowest BCUT2D eigenvalue weighted by Gasteiger charge is -2.29. The van der Waals surface area contributed by atoms with Crippen LogP contribution in [0.2, 0.25) is 0 Å². The van der Waals surface area contributed by atoms with Crippen LogP contribution in [0, 0.1) is 12.8 Å². The van der Waals surface area contributed by atoms with E-state index >= 15 is 0 Å². The summed E-state index contributed by atoms with van der Waals surface area (Å²) in [6.07, 6.45) is 4.45. The van der Waals surface area contributed by atoms with Crippen LogP contribution in [0.5, 0.6) is 0 Å². The van der Waals surface area contributed by atoms with Crippen molar-refractivity contribution in [3.8, 4) is 0 Å². The molecule has 1 fully saturated rings. The van der Waals surface area contributed by atoms with E-state index in [1.54, 1.807) is 0 Å². The molecule has 0 aliphatic carbocycles. The minimum Gasteiger partial charge on any atom is -0.381 e. The van der Waals surface area contributed by atoms with Crippen molar-refractivity contribution in [3.63, 3.8) is 0 Å². The lowest BCUT2D eigenvalue weighted by Crippen LogP contribution is -2.31. The van der Waals surface area contributed by atoms with Crippen molar-refractivity contribution in [2.24, 2.45) is 5.92 Å². The molecule has 1 N–H and O–H groups in total. The summed E-state index contributed by atoms with van der Waals surface area (Å²) in [5.74, 6) is 0.648. The second-order valence-electron chi connectivity index (χ2n) is 5.45. The number of hydrogen-bond acceptors (Lipinski definition) is 4. The van der Waals surface area contributed by atoms with Crippen molar-refractivity contribution < 1.29 is 4.74 Å². The molecule has 0 saturated carbocycles. The Balaban J connectivity index is 2.07. The highest BCUT2D eigenvalue weighted by molar-refractivity contribution is 5.53. The van der Waals surface area contributed by atoms with Gasteiger partial charge in [0.05, 0.1) is 6.61 Å². The molecule has 1 aromatic heterocycles. The van der Waals surface area contributed by atoms with Gasteiger partial charge in [-0.3, -0.25) is 4.98 Å². The number of nitrogens with one attached hydrogen (secondary N) is 1. The van der Waals surface area contributed by atoms with Gasteiger partial charge in [-0.2, -0.15) is 0 Å². The van der Waals surface area contributed by atoms with Crippen molar-refractivity contribution in [1.29, 1.82) is 0 Å². The number of ether oxygens (including phenoxy) is 1. The van der Waals surface area contributed by atoms with Gasteiger partial charge in [0.15, 0.2) is 0 Å². The number of pyridine rings is 1. The van der Waals surface area contributed by atoms with E-state index in [4.69, 9.17) is 4.74 Å². The van der Waals surface area contributed by atoms with Crippen molar-refractivity contribution in [2.45, 2.75) is 26.3 Å². The third-order valence-corrected chi connectivity index (χ3v) is 3.66. The zero-order valence-electron chi connectivity index (χ0n) is 12.3. The zero-order valence-corrected chi connectivity index (χ0v) is 12.3. The summed E-state index contributed by atoms with van der Waals surface area (Å²) < 4.78 is 5.57. The Morgan fingerprint density at radius 3 is 3.05 bits per heavy atom. The van der Waals surface area contributed by atoms with E-state index in [0.29, 0.717) is 5.92 Å². The maximum atomic E-state index is 5.57. The Hall–Kier alpha value is -1.13. The molecule has 0 bridgehead atoms. The first-order valence-corrected chi connectivity index (χ1v) is 7.09. The molecule has 0 radical (unpaired) electrons. The topological polar surface area (TPSA) is 37.4 Å². The van der Waals surface area contributed by atoms with Crippen LogP contribution < -0.4 is 10.2 Å². The van der Waals surface area contributed by atoms with Gasteiger partial charge in [-0.1, -0.05) is 0 Å². The Kier molecular flexibility index (Phi) is 5.16. The van der Waals surface area contributed by atoms with E-state index in [0.717, 1.165) is 32.0 Å². The number of nitrogens with zero attached hydrogens (tertiary/aromatic N) is 2. The van der Waals surface area contributed by atoms with Gasteiger partial charge in [-0.25, -0.2) is 0 Å². The fraction of sp³-hybridized carbons (Fsp3) is 0.667. The predicted molar refractivity (Wildman–Crippen MR) is 78.6 cm³/mol. The third-order valence-electron chi connectivity index (χ3n) is 3.66. The third kappa shape index (κ3) is 3.91. The molecule has 1 aliphatic heterocycles. The van der Waals surface area contributed by atoms with Crippen LogP contribution in [-0.4, -0.2) is 38.8 Å². The van der Waals surface area contributed by atoms with Gasteiger partial charge in [0.1, 0.15) is 0 Å². The van der Waals surface area contributed by atoms with E-state index < -0.39 is 0 Å². The number of rotatable bonds is 5. The van der Waals surface area contributed by atoms with Crippen molar-refractivity contribution in [3.05, 3.63) is 23.5 Å². The number of aromatic nitrogens is 1. The molecule has 19 heavy (non-hydrogen) atoms. The van der Waals surface area contributed by atoms with Crippen LogP contribution in [0.25, 0.3) is 0 Å². The molecule has 1 aromatic rings. The molecule has 0 amide bonds. The van der Waals surface area contributed by atoms with Gasteiger partial charge in [0.2, 0.25) is 0 Å². The highest BCUT2D eigenvalue weighted by Gasteiger charge is 2.17. The molecule has 1 unspecified atom stereocenters. The Morgan fingerprint density at radius 1 is 1.53 bits per heavy atom. The SMILES string of the molecule is CNCc1cnc(C)cc1N(C)CC1CCCOC1. The molecular weight excluding hydrogens is 238 g/mol. The van der Waals surface area contributed by atoms with E-state index in [2.05, 4.69) is 28.3 Å². The van der Waals surface area contributed by atoms with Gasteiger partial charge in [0, 0.05) is 49.9 Å². The van der Waals surface area contributed by atoms with Gasteiger partial charge in [0.25, 0.3) is 0 Å². The average molecular weight is 263 g/mol. The summed E-state index contributed by atoms with van der Waals surface area (Å²) in [5.41, 5.74) is 3.61. The molecule has 1 aliphatic rings. The number of anilines is 1. The minimum absolute atomic E-state index is 0.648. The van der Waals surface area contributed by atoms with Crippen molar-refractivity contribution >= 4 is 5.69 Å². The van der Waals surface area contributed by atoms with Crippen LogP contribution in [0.15, 0.2) is 12.3 Å². The Morgan fingerprint density at radius 2 is 2.37 bits per heavy atom. The number of aryl methyl sites for hydroxylation is 1. The fourth-order valence-electron chi connectivity index (χ4n) is 2.69. The van der Waals surface area contributed by atoms with Crippen LogP contribution in [-0.2, 0) is 11.3 Å². The molecule has 4 nitrogen and oxygen atoms in total. The first-order valence-electron chi connectivity index (χ1n) is 7.09. The van der Waals surface area contributed by atoms with E-state index in [1.165, 1.54) is 24.1 Å². The van der Waals surface area contributed by atoms with Crippen LogP contribution >= 0.6 is 0 Å². The molecular formula is C15H25N3O. The van der Waals surface area contributed by atoms with E-state index in [1.807, 2.05) is 20.2 Å². The van der Waals surface area contributed by atoms with E-state index in [-0.39, 0.29) is 0 Å². The smallest absolute Gasteiger partial charge is 0.0511 e. The fourth-order valence-corrected chi connectivity index (χ4v) is 2.69. The average Bonchev–Trinajstić information content (AvgIpc) is 2.42. The van der Waals surface area contributed by atoms with Crippen LogP contribution in [0.3, 0.4) is 0 Å². The Bertz CT molecular complexity index is 402. The summed E-state index contributed by atoms with van der Waals surface area (Å²) >= 11 is 0. The lowest BCUT2D eigenvalue weighted by molar-refractivity contribution is 0.0576. The molecule has 2 heterocycles. The molecule has 0 aromatic carbocycles. The summed E-state index contributed by atoms with van der Waals surface area (Å²) in [6.45, 7) is 5.79. The Labute approximate surface area is 116 Å². The molecule has 4 heteroatoms. The quantitative estimate of drug-likeness (QED) is 0.881. The molecule has 2 rings (SSSR count). The summed E-state index contributed by atoms with van der Waals surface area (Å²) in [6, 6.07) is 2.18. The monoisotopic (exact) mass is 263 g/mol. The summed E-state index contributed by atoms with van der Waals surface area (Å²) in [4.78, 5) is 6.74. The van der Waals surface area contributed by atoms with Gasteiger partial charge in [-0.15, -0.1) is 0 Å². The summed E-state index contributed by atoms with van der Waals surface area (Å²) in [7, 11) is 4.14. The maximum Gasteiger partial charge on any atom is 0.0511 e. The van der Waals surface area contributed by atoms with Crippen molar-refractivity contribution in [2.75, 3.05) is 38.8 Å². The zero-order chi connectivity index (χ0) is 13.7. The van der Waals surface area contributed by atoms with Crippen molar-refractivity contribution in [1.82, 2.24) is 10.3 Å². The van der Waals surface area contributed by atoms with Crippen LogP contribution in [0.1, 0.15) is 24.1 Å². The lowest BCUT2D eigenvalue weighted by atomic mass is 10.0. The van der Waals surface area contributed by atoms with Crippen LogP contribution in [0.4, 0.5) is 5.69 Å². The molecule has 0 spiro atoms. The highest BCUT2D eigenvalue weighted by atomic mass is 16.5. The first-order chi connectivity index (χ1) is 9.20. The molecule has 1 saturated heterocycles. The first kappa shape index (κ1) is 14.3. The molecule has 106 valence electrons. The van der Waals surface area contributed by atoms with Gasteiger partial charge in [-0.05, 0) is 38.8 Å². The number of hydrogen-bond donors (Lipinski definition) is 1. The largest absolute Gasteiger partial charge is 0.381 e. The summed E-state index contributed by atoms with van der Waals surface area (Å²) in [5, 5.41) is 3.21. The standard InChI is InChI=1S/C15H25N3O/c1-12-7-15(14(8-16-2)9-17-12)18(3)10-13-5-4-6-19-11-13/h7,9,13,16H,4-6,8,10-11H2,1-3H3. The predicted octanol–water partition coefficient (Wildman–Crippen LogP) is 1.97. The highest BCUT2D eigenvalue weighted by Crippen LogP contribution is 2.23. The van der Waals surface area contributed by atoms with Gasteiger partial charge < -0.3 is 15.0 Å².